The summed E-state index contributed by atoms with van der Waals surface area (Å²) in [5.41, 5.74) is 0.0129. The maximum absolute atomic E-state index is 11.5. The molecular weight excluding hydrogens is 244 g/mol. The zero-order valence-electron chi connectivity index (χ0n) is 10.9. The highest BCUT2D eigenvalue weighted by Gasteiger charge is 2.25. The fraction of sp³-hybridized carbons (Fsp3) is 0.571. The quantitative estimate of drug-likeness (QED) is 0.835. The summed E-state index contributed by atoms with van der Waals surface area (Å²) in [6.07, 6.45) is 5.09. The minimum Gasteiger partial charge on any atom is -0.481 e. The van der Waals surface area contributed by atoms with Crippen molar-refractivity contribution in [2.45, 2.75) is 38.3 Å². The third kappa shape index (κ3) is 3.92. The van der Waals surface area contributed by atoms with Crippen LogP contribution in [0.25, 0.3) is 0 Å². The lowest BCUT2D eigenvalue weighted by Crippen LogP contribution is -2.37. The molecule has 1 saturated carbocycles. The number of hydrogen-bond acceptors (Lipinski definition) is 3. The van der Waals surface area contributed by atoms with Crippen molar-refractivity contribution in [3.63, 3.8) is 0 Å². The largest absolute Gasteiger partial charge is 0.481 e. The van der Waals surface area contributed by atoms with Crippen molar-refractivity contribution >= 4 is 5.97 Å². The van der Waals surface area contributed by atoms with Gasteiger partial charge in [0.05, 0.1) is 5.92 Å². The van der Waals surface area contributed by atoms with E-state index in [2.05, 4.69) is 5.32 Å². The number of carbonyl (C=O) groups is 1. The van der Waals surface area contributed by atoms with Crippen LogP contribution in [0, 0.1) is 5.92 Å². The Morgan fingerprint density at radius 1 is 1.32 bits per heavy atom. The van der Waals surface area contributed by atoms with E-state index in [-0.39, 0.29) is 11.5 Å². The molecule has 1 fully saturated rings. The van der Waals surface area contributed by atoms with Gasteiger partial charge in [-0.05, 0) is 31.7 Å². The van der Waals surface area contributed by atoms with E-state index in [9.17, 15) is 9.59 Å². The first-order valence-electron chi connectivity index (χ1n) is 6.78. The van der Waals surface area contributed by atoms with Gasteiger partial charge in [-0.1, -0.05) is 6.07 Å². The van der Waals surface area contributed by atoms with Crippen molar-refractivity contribution in [1.29, 1.82) is 0 Å². The highest BCUT2D eigenvalue weighted by molar-refractivity contribution is 5.70. The second-order valence-electron chi connectivity index (χ2n) is 5.07. The number of hydrogen-bond donors (Lipinski definition) is 2. The van der Waals surface area contributed by atoms with Gasteiger partial charge in [0, 0.05) is 31.4 Å². The van der Waals surface area contributed by atoms with E-state index in [0.29, 0.717) is 12.6 Å². The van der Waals surface area contributed by atoms with Gasteiger partial charge in [0.25, 0.3) is 5.56 Å². The Balaban J connectivity index is 1.71. The van der Waals surface area contributed by atoms with Gasteiger partial charge in [0.1, 0.15) is 0 Å². The molecule has 1 aliphatic rings. The van der Waals surface area contributed by atoms with Gasteiger partial charge in [0.15, 0.2) is 0 Å². The summed E-state index contributed by atoms with van der Waals surface area (Å²) in [5.74, 6) is -0.843. The molecule has 1 aromatic rings. The summed E-state index contributed by atoms with van der Waals surface area (Å²) in [6, 6.07) is 5.52. The van der Waals surface area contributed by atoms with E-state index in [1.165, 1.54) is 0 Å². The molecule has 1 aliphatic carbocycles. The fourth-order valence-corrected chi connectivity index (χ4v) is 2.58. The second kappa shape index (κ2) is 6.52. The van der Waals surface area contributed by atoms with Gasteiger partial charge >= 0.3 is 5.97 Å². The molecule has 1 heterocycles. The SMILES string of the molecule is O=C(O)C1CCC(NCCn2ccccc2=O)CC1. The molecule has 2 N–H and O–H groups in total. The van der Waals surface area contributed by atoms with Crippen molar-refractivity contribution in [3.8, 4) is 0 Å². The molecule has 5 heteroatoms. The standard InChI is InChI=1S/C14H20N2O3/c17-13-3-1-2-9-16(13)10-8-15-12-6-4-11(5-7-12)14(18)19/h1-3,9,11-12,15H,4-8,10H2,(H,18,19). The zero-order valence-corrected chi connectivity index (χ0v) is 10.9. The van der Waals surface area contributed by atoms with Crippen LogP contribution >= 0.6 is 0 Å². The molecule has 0 atom stereocenters. The van der Waals surface area contributed by atoms with Gasteiger partial charge in [-0.2, -0.15) is 0 Å². The first-order chi connectivity index (χ1) is 9.16. The number of pyridine rings is 1. The van der Waals surface area contributed by atoms with Crippen molar-refractivity contribution < 1.29 is 9.90 Å². The highest BCUT2D eigenvalue weighted by atomic mass is 16.4. The molecule has 0 aromatic carbocycles. The lowest BCUT2D eigenvalue weighted by molar-refractivity contribution is -0.142. The van der Waals surface area contributed by atoms with E-state index in [4.69, 9.17) is 5.11 Å². The van der Waals surface area contributed by atoms with Crippen LogP contribution in [-0.2, 0) is 11.3 Å². The molecule has 1 aromatic heterocycles. The Labute approximate surface area is 112 Å². The van der Waals surface area contributed by atoms with Crippen LogP contribution in [0.1, 0.15) is 25.7 Å². The van der Waals surface area contributed by atoms with Crippen LogP contribution < -0.4 is 10.9 Å². The van der Waals surface area contributed by atoms with Crippen LogP contribution in [0.5, 0.6) is 0 Å². The third-order valence-corrected chi connectivity index (χ3v) is 3.76. The maximum Gasteiger partial charge on any atom is 0.306 e. The van der Waals surface area contributed by atoms with Crippen molar-refractivity contribution in [1.82, 2.24) is 9.88 Å². The third-order valence-electron chi connectivity index (χ3n) is 3.76. The molecule has 2 rings (SSSR count). The summed E-state index contributed by atoms with van der Waals surface area (Å²) in [4.78, 5) is 22.3. The molecule has 104 valence electrons. The highest BCUT2D eigenvalue weighted by Crippen LogP contribution is 2.24. The first-order valence-corrected chi connectivity index (χ1v) is 6.78. The van der Waals surface area contributed by atoms with Crippen LogP contribution in [0.15, 0.2) is 29.2 Å². The van der Waals surface area contributed by atoms with Crippen LogP contribution in [-0.4, -0.2) is 28.2 Å². The van der Waals surface area contributed by atoms with Crippen molar-refractivity contribution in [2.75, 3.05) is 6.54 Å². The number of aromatic nitrogens is 1. The average Bonchev–Trinajstić information content (AvgIpc) is 2.41. The van der Waals surface area contributed by atoms with E-state index in [1.54, 1.807) is 22.9 Å². The number of nitrogens with zero attached hydrogens (tertiary/aromatic N) is 1. The molecule has 5 nitrogen and oxygen atoms in total. The Hall–Kier alpha value is -1.62. The molecule has 19 heavy (non-hydrogen) atoms. The Morgan fingerprint density at radius 3 is 2.68 bits per heavy atom. The van der Waals surface area contributed by atoms with E-state index < -0.39 is 5.97 Å². The summed E-state index contributed by atoms with van der Waals surface area (Å²) < 4.78 is 1.68. The number of rotatable bonds is 5. The number of carboxylic acid groups (broad SMARTS) is 1. The van der Waals surface area contributed by atoms with E-state index in [1.807, 2.05) is 6.07 Å². The van der Waals surface area contributed by atoms with Gasteiger partial charge in [-0.15, -0.1) is 0 Å². The lowest BCUT2D eigenvalue weighted by atomic mass is 9.86. The van der Waals surface area contributed by atoms with Crippen LogP contribution in [0.2, 0.25) is 0 Å². The van der Waals surface area contributed by atoms with Crippen molar-refractivity contribution in [3.05, 3.63) is 34.7 Å². The predicted molar refractivity (Wildman–Crippen MR) is 72.1 cm³/mol. The first kappa shape index (κ1) is 13.8. The molecule has 0 saturated heterocycles. The molecular formula is C14H20N2O3. The summed E-state index contributed by atoms with van der Waals surface area (Å²) in [5, 5.41) is 12.3. The topological polar surface area (TPSA) is 71.3 Å². The second-order valence-corrected chi connectivity index (χ2v) is 5.07. The minimum atomic E-state index is -0.672. The molecule has 0 bridgehead atoms. The number of nitrogens with one attached hydrogen (secondary N) is 1. The predicted octanol–water partition coefficient (Wildman–Crippen LogP) is 1.08. The van der Waals surface area contributed by atoms with Gasteiger partial charge < -0.3 is 15.0 Å². The van der Waals surface area contributed by atoms with Gasteiger partial charge in [0.2, 0.25) is 0 Å². The summed E-state index contributed by atoms with van der Waals surface area (Å²) in [7, 11) is 0. The minimum absolute atomic E-state index is 0.0129. The van der Waals surface area contributed by atoms with Crippen LogP contribution in [0.4, 0.5) is 0 Å². The van der Waals surface area contributed by atoms with Crippen LogP contribution in [0.3, 0.4) is 0 Å². The lowest BCUT2D eigenvalue weighted by Gasteiger charge is -2.27. The Morgan fingerprint density at radius 2 is 2.05 bits per heavy atom. The normalized spacial score (nSPS) is 23.2. The maximum atomic E-state index is 11.5. The summed E-state index contributed by atoms with van der Waals surface area (Å²) >= 11 is 0. The average molecular weight is 264 g/mol. The number of aliphatic carboxylic acids is 1. The monoisotopic (exact) mass is 264 g/mol. The van der Waals surface area contributed by atoms with Gasteiger partial charge in [-0.3, -0.25) is 9.59 Å². The van der Waals surface area contributed by atoms with E-state index in [0.717, 1.165) is 32.2 Å². The Bertz CT molecular complexity index is 476. The zero-order chi connectivity index (χ0) is 13.7. The Kier molecular flexibility index (Phi) is 4.74. The van der Waals surface area contributed by atoms with Crippen molar-refractivity contribution in [2.24, 2.45) is 5.92 Å². The smallest absolute Gasteiger partial charge is 0.306 e. The summed E-state index contributed by atoms with van der Waals surface area (Å²) in [6.45, 7) is 1.39. The van der Waals surface area contributed by atoms with Gasteiger partial charge in [-0.25, -0.2) is 0 Å². The molecule has 0 spiro atoms. The fourth-order valence-electron chi connectivity index (χ4n) is 2.58. The molecule has 0 amide bonds. The molecule has 0 unspecified atom stereocenters. The molecule has 0 radical (unpaired) electrons. The molecule has 0 aliphatic heterocycles. The van der Waals surface area contributed by atoms with E-state index >= 15 is 0 Å². The number of carboxylic acids is 1.